The lowest BCUT2D eigenvalue weighted by Crippen LogP contribution is -2.60. The smallest absolute Gasteiger partial charge is 0.256 e. The molecule has 4 saturated carbocycles. The average molecular weight is 328 g/mol. The number of carbonyl (C=O) groups is 1. The summed E-state index contributed by atoms with van der Waals surface area (Å²) in [6.07, 6.45) is 7.13. The molecule has 4 fully saturated rings. The van der Waals surface area contributed by atoms with Crippen molar-refractivity contribution in [3.63, 3.8) is 0 Å². The first-order chi connectivity index (χ1) is 11.5. The Kier molecular flexibility index (Phi) is 2.58. The van der Waals surface area contributed by atoms with Crippen LogP contribution in [0.4, 0.5) is 5.95 Å². The molecule has 4 aliphatic rings. The Morgan fingerprint density at radius 3 is 2.62 bits per heavy atom. The number of tetrazole rings is 1. The van der Waals surface area contributed by atoms with Gasteiger partial charge >= 0.3 is 0 Å². The van der Waals surface area contributed by atoms with E-state index in [1.165, 1.54) is 17.4 Å². The lowest BCUT2D eigenvalue weighted by molar-refractivity contribution is -0.0967. The maximum absolute atomic E-state index is 13.3. The average Bonchev–Trinajstić information content (AvgIpc) is 3.14. The highest BCUT2D eigenvalue weighted by atomic mass is 16.2. The molecule has 24 heavy (non-hydrogen) atoms. The highest BCUT2D eigenvalue weighted by Crippen LogP contribution is 2.64. The highest BCUT2D eigenvalue weighted by molar-refractivity contribution is 5.86. The third kappa shape index (κ3) is 1.75. The van der Waals surface area contributed by atoms with Gasteiger partial charge < -0.3 is 5.73 Å². The fourth-order valence-electron chi connectivity index (χ4n) is 5.82. The number of nitrogen functional groups attached to an aromatic ring is 1. The summed E-state index contributed by atoms with van der Waals surface area (Å²) < 4.78 is 1.28. The Hall–Kier alpha value is -2.32. The molecule has 0 unspecified atom stereocenters. The van der Waals surface area contributed by atoms with Gasteiger partial charge in [-0.3, -0.25) is 4.79 Å². The van der Waals surface area contributed by atoms with Crippen LogP contribution in [-0.4, -0.2) is 40.9 Å². The SMILES string of the molecule is Cc1nnn(C23C[C@H]4C[C@@H](CC(C(=O)n5ncnc5N)(C4)C2)C3)n1. The third-order valence-electron chi connectivity index (χ3n) is 6.19. The molecule has 0 spiro atoms. The van der Waals surface area contributed by atoms with Crippen molar-refractivity contribution in [2.24, 2.45) is 17.3 Å². The van der Waals surface area contributed by atoms with Gasteiger partial charge in [-0.1, -0.05) is 0 Å². The van der Waals surface area contributed by atoms with E-state index in [9.17, 15) is 4.79 Å². The van der Waals surface area contributed by atoms with Crippen LogP contribution in [0.25, 0.3) is 0 Å². The van der Waals surface area contributed by atoms with Crippen LogP contribution in [0.1, 0.15) is 49.1 Å². The van der Waals surface area contributed by atoms with E-state index in [0.29, 0.717) is 17.7 Å². The number of anilines is 1. The minimum atomic E-state index is -0.437. The maximum Gasteiger partial charge on any atom is 0.256 e. The summed E-state index contributed by atoms with van der Waals surface area (Å²) in [6, 6.07) is 0. The first-order valence-corrected chi connectivity index (χ1v) is 8.47. The predicted octanol–water partition coefficient (Wildman–Crippen LogP) is 0.791. The molecule has 0 aromatic carbocycles. The van der Waals surface area contributed by atoms with Gasteiger partial charge in [-0.25, -0.2) is 0 Å². The molecule has 0 aliphatic heterocycles. The van der Waals surface area contributed by atoms with Crippen molar-refractivity contribution < 1.29 is 4.79 Å². The first-order valence-electron chi connectivity index (χ1n) is 8.47. The molecule has 9 heteroatoms. The topological polar surface area (TPSA) is 117 Å². The first kappa shape index (κ1) is 14.1. The van der Waals surface area contributed by atoms with Gasteiger partial charge in [0.05, 0.1) is 11.0 Å². The van der Waals surface area contributed by atoms with E-state index in [1.807, 2.05) is 6.92 Å². The largest absolute Gasteiger partial charge is 0.368 e. The van der Waals surface area contributed by atoms with E-state index in [-0.39, 0.29) is 17.4 Å². The fourth-order valence-corrected chi connectivity index (χ4v) is 5.82. The third-order valence-corrected chi connectivity index (χ3v) is 6.19. The summed E-state index contributed by atoms with van der Waals surface area (Å²) in [4.78, 5) is 19.0. The lowest BCUT2D eigenvalue weighted by Gasteiger charge is -2.60. The molecule has 0 amide bonds. The predicted molar refractivity (Wildman–Crippen MR) is 82.7 cm³/mol. The molecule has 6 rings (SSSR count). The van der Waals surface area contributed by atoms with Crippen molar-refractivity contribution in [3.8, 4) is 0 Å². The van der Waals surface area contributed by atoms with Gasteiger partial charge in [-0.05, 0) is 62.5 Å². The number of nitrogens with zero attached hydrogens (tertiary/aromatic N) is 7. The Morgan fingerprint density at radius 2 is 2.04 bits per heavy atom. The van der Waals surface area contributed by atoms with Crippen LogP contribution in [0.2, 0.25) is 0 Å². The molecule has 0 saturated heterocycles. The highest BCUT2D eigenvalue weighted by Gasteiger charge is 2.62. The molecule has 2 N–H and O–H groups in total. The maximum atomic E-state index is 13.3. The van der Waals surface area contributed by atoms with Gasteiger partial charge in [0.2, 0.25) is 5.95 Å². The van der Waals surface area contributed by atoms with Crippen LogP contribution in [0.3, 0.4) is 0 Å². The summed E-state index contributed by atoms with van der Waals surface area (Å²) in [5, 5.41) is 16.9. The van der Waals surface area contributed by atoms with E-state index >= 15 is 0 Å². The molecular formula is C15H20N8O. The number of rotatable bonds is 2. The van der Waals surface area contributed by atoms with Crippen LogP contribution in [0.15, 0.2) is 6.33 Å². The van der Waals surface area contributed by atoms with Crippen molar-refractivity contribution in [1.29, 1.82) is 0 Å². The number of aromatic nitrogens is 7. The lowest BCUT2D eigenvalue weighted by atomic mass is 9.46. The number of hydrogen-bond acceptors (Lipinski definition) is 7. The molecule has 126 valence electrons. The Bertz CT molecular complexity index is 809. The monoisotopic (exact) mass is 328 g/mol. The van der Waals surface area contributed by atoms with Crippen molar-refractivity contribution in [2.75, 3.05) is 5.73 Å². The van der Waals surface area contributed by atoms with Crippen molar-refractivity contribution >= 4 is 11.9 Å². The number of hydrogen-bond donors (Lipinski definition) is 1. The van der Waals surface area contributed by atoms with Crippen LogP contribution in [-0.2, 0) is 5.54 Å². The molecule has 0 radical (unpaired) electrons. The van der Waals surface area contributed by atoms with Crippen molar-refractivity contribution in [3.05, 3.63) is 12.2 Å². The Labute approximate surface area is 138 Å². The minimum absolute atomic E-state index is 0.0205. The van der Waals surface area contributed by atoms with Crippen LogP contribution >= 0.6 is 0 Å². The number of aryl methyl sites for hydroxylation is 1. The minimum Gasteiger partial charge on any atom is -0.368 e. The summed E-state index contributed by atoms with van der Waals surface area (Å²) in [6.45, 7) is 1.85. The van der Waals surface area contributed by atoms with Crippen LogP contribution < -0.4 is 5.73 Å². The summed E-state index contributed by atoms with van der Waals surface area (Å²) in [7, 11) is 0. The Balaban J connectivity index is 1.59. The van der Waals surface area contributed by atoms with Crippen molar-refractivity contribution in [1.82, 2.24) is 35.0 Å². The van der Waals surface area contributed by atoms with Crippen LogP contribution in [0.5, 0.6) is 0 Å². The second-order valence-electron chi connectivity index (χ2n) is 7.93. The molecule has 9 nitrogen and oxygen atoms in total. The summed E-state index contributed by atoms with van der Waals surface area (Å²) >= 11 is 0. The Morgan fingerprint density at radius 1 is 1.29 bits per heavy atom. The van der Waals surface area contributed by atoms with Gasteiger partial charge in [-0.15, -0.1) is 10.2 Å². The second-order valence-corrected chi connectivity index (χ2v) is 7.93. The summed E-state index contributed by atoms with van der Waals surface area (Å²) in [5.74, 6) is 1.86. The number of carbonyl (C=O) groups excluding carboxylic acids is 1. The molecule has 2 aromatic heterocycles. The van der Waals surface area contributed by atoms with E-state index in [4.69, 9.17) is 5.73 Å². The van der Waals surface area contributed by atoms with Gasteiger partial charge in [0.15, 0.2) is 5.82 Å². The van der Waals surface area contributed by atoms with E-state index < -0.39 is 5.41 Å². The van der Waals surface area contributed by atoms with E-state index in [1.54, 1.807) is 4.80 Å². The normalized spacial score (nSPS) is 37.0. The van der Waals surface area contributed by atoms with Crippen LogP contribution in [0, 0.1) is 24.2 Å². The van der Waals surface area contributed by atoms with Crippen molar-refractivity contribution in [2.45, 2.75) is 51.0 Å². The van der Waals surface area contributed by atoms with Gasteiger partial charge in [-0.2, -0.15) is 19.6 Å². The fraction of sp³-hybridized carbons (Fsp3) is 0.733. The zero-order valence-electron chi connectivity index (χ0n) is 13.6. The van der Waals surface area contributed by atoms with E-state index in [2.05, 4.69) is 25.5 Å². The molecule has 4 aliphatic carbocycles. The van der Waals surface area contributed by atoms with Gasteiger partial charge in [0.25, 0.3) is 5.91 Å². The molecule has 2 heterocycles. The zero-order valence-corrected chi connectivity index (χ0v) is 13.6. The number of nitrogens with two attached hydrogens (primary N) is 1. The molecular weight excluding hydrogens is 308 g/mol. The molecule has 4 bridgehead atoms. The van der Waals surface area contributed by atoms with Gasteiger partial charge in [0, 0.05) is 0 Å². The van der Waals surface area contributed by atoms with E-state index in [0.717, 1.165) is 32.1 Å². The standard InChI is InChI=1S/C15H20N8O/c1-9-19-21-23(20-9)15-5-10-2-11(6-15)4-14(3-10,7-15)12(24)22-13(16)17-8-18-22/h8,10-11H,2-7H2,1H3,(H2,16,17,18)/t10-,11-,14?,15?/m0/s1. The quantitative estimate of drug-likeness (QED) is 0.866. The van der Waals surface area contributed by atoms with Gasteiger partial charge in [0.1, 0.15) is 6.33 Å². The molecule has 2 atom stereocenters. The molecule has 2 aromatic rings. The summed E-state index contributed by atoms with van der Waals surface area (Å²) in [5.41, 5.74) is 5.20. The zero-order chi connectivity index (χ0) is 16.5. The second kappa shape index (κ2) is 4.40.